The molecule has 0 aromatic carbocycles. The van der Waals surface area contributed by atoms with Gasteiger partial charge in [0, 0.05) is 0 Å². The maximum Gasteiger partial charge on any atom is 0.348 e. The molecule has 9 heteroatoms. The lowest BCUT2D eigenvalue weighted by Crippen LogP contribution is -2.29. The van der Waals surface area contributed by atoms with Gasteiger partial charge in [0.2, 0.25) is 0 Å². The Hall–Kier alpha value is 0.590. The molecular weight excluding hydrogens is 301 g/mol. The first kappa shape index (κ1) is 20.9. The average molecular weight is 325 g/mol. The van der Waals surface area contributed by atoms with Crippen LogP contribution in [-0.2, 0) is 18.2 Å². The quantitative estimate of drug-likeness (QED) is 0.665. The fraction of sp³-hybridized carbons (Fsp3) is 1.00. The third kappa shape index (κ3) is 3.80. The summed E-state index contributed by atoms with van der Waals surface area (Å²) in [7, 11) is -8.45. The molecule has 0 heterocycles. The summed E-state index contributed by atoms with van der Waals surface area (Å²) >= 11 is 0. The van der Waals surface area contributed by atoms with Gasteiger partial charge in [-0.25, -0.2) is 0 Å². The Bertz CT molecular complexity index is 315. The standard InChI is InChI=1S/C9H22O6P2.ClH/c1-5-9(6-2,16(10,11)12)17(13,14-7-3)15-8-4;/h5-8H2,1-4H3,(H2,10,11,12);1H. The molecule has 0 aliphatic rings. The topological polar surface area (TPSA) is 93.1 Å². The summed E-state index contributed by atoms with van der Waals surface area (Å²) in [6, 6.07) is 0. The van der Waals surface area contributed by atoms with Crippen LogP contribution in [0.15, 0.2) is 0 Å². The number of rotatable bonds is 8. The van der Waals surface area contributed by atoms with Crippen LogP contribution in [0.2, 0.25) is 0 Å². The minimum absolute atomic E-state index is 0. The highest BCUT2D eigenvalue weighted by atomic mass is 35.5. The summed E-state index contributed by atoms with van der Waals surface area (Å²) in [5, 5.41) is 0. The molecule has 0 aliphatic carbocycles. The van der Waals surface area contributed by atoms with Gasteiger partial charge >= 0.3 is 15.2 Å². The SMILES string of the molecule is CCOP(=O)(OCC)C(CC)(CC)P(=O)(O)O.Cl. The molecule has 0 saturated carbocycles. The summed E-state index contributed by atoms with van der Waals surface area (Å²) in [5.41, 5.74) is 0. The molecule has 18 heavy (non-hydrogen) atoms. The smallest absolute Gasteiger partial charge is 0.324 e. The molecule has 0 radical (unpaired) electrons. The largest absolute Gasteiger partial charge is 0.348 e. The van der Waals surface area contributed by atoms with Gasteiger partial charge in [0.05, 0.1) is 13.2 Å². The van der Waals surface area contributed by atoms with Gasteiger partial charge in [-0.15, -0.1) is 12.4 Å². The highest BCUT2D eigenvalue weighted by Crippen LogP contribution is 2.76. The Morgan fingerprint density at radius 3 is 1.44 bits per heavy atom. The van der Waals surface area contributed by atoms with E-state index in [-0.39, 0.29) is 38.5 Å². The van der Waals surface area contributed by atoms with Crippen molar-refractivity contribution in [3.63, 3.8) is 0 Å². The molecule has 112 valence electrons. The van der Waals surface area contributed by atoms with Crippen LogP contribution in [0.25, 0.3) is 0 Å². The average Bonchev–Trinajstić information content (AvgIpc) is 2.18. The van der Waals surface area contributed by atoms with Crippen LogP contribution < -0.4 is 0 Å². The number of halogens is 1. The van der Waals surface area contributed by atoms with Crippen molar-refractivity contribution >= 4 is 27.6 Å². The minimum Gasteiger partial charge on any atom is -0.324 e. The van der Waals surface area contributed by atoms with Crippen molar-refractivity contribution < 1.29 is 28.0 Å². The highest BCUT2D eigenvalue weighted by Gasteiger charge is 2.60. The summed E-state index contributed by atoms with van der Waals surface area (Å²) in [6.45, 7) is 6.54. The summed E-state index contributed by atoms with van der Waals surface area (Å²) < 4.78 is 34.5. The first-order chi connectivity index (χ1) is 7.74. The van der Waals surface area contributed by atoms with Gasteiger partial charge in [0.25, 0.3) is 0 Å². The Kier molecular flexibility index (Phi) is 9.30. The van der Waals surface area contributed by atoms with Crippen molar-refractivity contribution in [3.05, 3.63) is 0 Å². The maximum atomic E-state index is 12.6. The fourth-order valence-corrected chi connectivity index (χ4v) is 6.28. The molecule has 0 rings (SSSR count). The van der Waals surface area contributed by atoms with Crippen molar-refractivity contribution in [1.82, 2.24) is 0 Å². The van der Waals surface area contributed by atoms with E-state index in [0.29, 0.717) is 0 Å². The maximum absolute atomic E-state index is 12.6. The van der Waals surface area contributed by atoms with E-state index in [0.717, 1.165) is 0 Å². The normalized spacial score (nSPS) is 13.2. The van der Waals surface area contributed by atoms with E-state index in [1.54, 1.807) is 27.7 Å². The van der Waals surface area contributed by atoms with Crippen LogP contribution >= 0.6 is 27.6 Å². The van der Waals surface area contributed by atoms with Gasteiger partial charge in [0.15, 0.2) is 4.90 Å². The lowest BCUT2D eigenvalue weighted by Gasteiger charge is -2.37. The van der Waals surface area contributed by atoms with Crippen molar-refractivity contribution in [2.24, 2.45) is 0 Å². The van der Waals surface area contributed by atoms with E-state index in [1.807, 2.05) is 0 Å². The molecule has 0 unspecified atom stereocenters. The van der Waals surface area contributed by atoms with Gasteiger partial charge in [0.1, 0.15) is 0 Å². The summed E-state index contributed by atoms with van der Waals surface area (Å²) in [4.78, 5) is 17.2. The highest BCUT2D eigenvalue weighted by molar-refractivity contribution is 7.73. The van der Waals surface area contributed by atoms with E-state index in [9.17, 15) is 18.9 Å². The minimum atomic E-state index is -4.60. The number of hydrogen-bond donors (Lipinski definition) is 2. The predicted octanol–water partition coefficient (Wildman–Crippen LogP) is 3.37. The lowest BCUT2D eigenvalue weighted by atomic mass is 10.2. The van der Waals surface area contributed by atoms with Crippen LogP contribution in [0, 0.1) is 0 Å². The molecule has 0 bridgehead atoms. The van der Waals surface area contributed by atoms with Crippen molar-refractivity contribution in [1.29, 1.82) is 0 Å². The van der Waals surface area contributed by atoms with Gasteiger partial charge in [-0.3, -0.25) is 9.13 Å². The molecular formula is C9H23ClO6P2. The molecule has 0 spiro atoms. The molecule has 6 nitrogen and oxygen atoms in total. The lowest BCUT2D eigenvalue weighted by molar-refractivity contribution is 0.197. The van der Waals surface area contributed by atoms with Crippen molar-refractivity contribution in [3.8, 4) is 0 Å². The third-order valence-electron chi connectivity index (χ3n) is 2.78. The van der Waals surface area contributed by atoms with Crippen LogP contribution in [0.5, 0.6) is 0 Å². The third-order valence-corrected chi connectivity index (χ3v) is 8.86. The molecule has 0 aromatic rings. The van der Waals surface area contributed by atoms with E-state index in [4.69, 9.17) is 9.05 Å². The summed E-state index contributed by atoms with van der Waals surface area (Å²) in [5.74, 6) is 0. The zero-order valence-electron chi connectivity index (χ0n) is 11.2. The monoisotopic (exact) mass is 324 g/mol. The Labute approximate surface area is 115 Å². The van der Waals surface area contributed by atoms with Gasteiger partial charge in [-0.1, -0.05) is 13.8 Å². The van der Waals surface area contributed by atoms with Crippen molar-refractivity contribution in [2.75, 3.05) is 13.2 Å². The zero-order chi connectivity index (χ0) is 13.7. The fourth-order valence-electron chi connectivity index (χ4n) is 1.83. The van der Waals surface area contributed by atoms with E-state index >= 15 is 0 Å². The summed E-state index contributed by atoms with van der Waals surface area (Å²) in [6.07, 6.45) is 0.0656. The van der Waals surface area contributed by atoms with Crippen LogP contribution in [0.4, 0.5) is 0 Å². The van der Waals surface area contributed by atoms with E-state index in [2.05, 4.69) is 0 Å². The second-order valence-corrected chi connectivity index (χ2v) is 8.23. The van der Waals surface area contributed by atoms with Gasteiger partial charge in [-0.05, 0) is 26.7 Å². The molecule has 0 fully saturated rings. The first-order valence-electron chi connectivity index (χ1n) is 5.69. The predicted molar refractivity (Wildman–Crippen MR) is 73.5 cm³/mol. The Morgan fingerprint density at radius 1 is 0.944 bits per heavy atom. The van der Waals surface area contributed by atoms with Gasteiger partial charge in [-0.2, -0.15) is 0 Å². The first-order valence-corrected chi connectivity index (χ1v) is 8.85. The molecule has 0 aromatic heterocycles. The van der Waals surface area contributed by atoms with Crippen LogP contribution in [0.3, 0.4) is 0 Å². The molecule has 2 N–H and O–H groups in total. The van der Waals surface area contributed by atoms with Crippen LogP contribution in [0.1, 0.15) is 40.5 Å². The number of hydrogen-bond acceptors (Lipinski definition) is 4. The Balaban J connectivity index is 0. The van der Waals surface area contributed by atoms with Crippen LogP contribution in [-0.4, -0.2) is 27.9 Å². The second kappa shape index (κ2) is 8.01. The van der Waals surface area contributed by atoms with E-state index in [1.165, 1.54) is 0 Å². The van der Waals surface area contributed by atoms with Gasteiger partial charge < -0.3 is 18.8 Å². The molecule has 0 amide bonds. The molecule has 0 atom stereocenters. The second-order valence-electron chi connectivity index (χ2n) is 3.57. The Morgan fingerprint density at radius 2 is 1.28 bits per heavy atom. The van der Waals surface area contributed by atoms with Crippen molar-refractivity contribution in [2.45, 2.75) is 45.4 Å². The van der Waals surface area contributed by atoms with E-state index < -0.39 is 20.1 Å². The zero-order valence-corrected chi connectivity index (χ0v) is 13.8. The molecule has 0 saturated heterocycles. The molecule has 0 aliphatic heterocycles.